The third kappa shape index (κ3) is 3.24. The number of aryl methyl sites for hydroxylation is 1. The number of hydrogen-bond acceptors (Lipinski definition) is 4. The van der Waals surface area contributed by atoms with E-state index in [9.17, 15) is 4.79 Å². The molecule has 0 aliphatic rings. The number of hydrogen-bond donors (Lipinski definition) is 1. The molecule has 0 saturated carbocycles. The molecule has 7 heteroatoms. The van der Waals surface area contributed by atoms with Gasteiger partial charge in [-0.25, -0.2) is 4.98 Å². The van der Waals surface area contributed by atoms with Gasteiger partial charge in [0, 0.05) is 15.5 Å². The third-order valence-corrected chi connectivity index (χ3v) is 4.50. The van der Waals surface area contributed by atoms with Gasteiger partial charge in [-0.15, -0.1) is 11.3 Å². The van der Waals surface area contributed by atoms with Crippen LogP contribution < -0.4 is 5.32 Å². The van der Waals surface area contributed by atoms with Gasteiger partial charge in [-0.3, -0.25) is 10.1 Å². The van der Waals surface area contributed by atoms with Crippen molar-refractivity contribution in [2.45, 2.75) is 6.92 Å². The highest BCUT2D eigenvalue weighted by Crippen LogP contribution is 2.31. The van der Waals surface area contributed by atoms with Crippen molar-refractivity contribution in [3.8, 4) is 11.3 Å². The molecule has 4 nitrogen and oxygen atoms in total. The average molecular weight is 398 g/mol. The van der Waals surface area contributed by atoms with Gasteiger partial charge in [-0.1, -0.05) is 23.7 Å². The maximum Gasteiger partial charge on any atom is 0.293 e. The Bertz CT molecular complexity index is 826. The molecule has 0 saturated heterocycles. The lowest BCUT2D eigenvalue weighted by atomic mass is 10.1. The predicted molar refractivity (Wildman–Crippen MR) is 91.7 cm³/mol. The summed E-state index contributed by atoms with van der Waals surface area (Å²) in [5, 5.41) is 3.94. The molecule has 0 aliphatic carbocycles. The minimum atomic E-state index is -0.331. The summed E-state index contributed by atoms with van der Waals surface area (Å²) in [4.78, 5) is 17.5. The van der Waals surface area contributed by atoms with Crippen LogP contribution in [0.4, 0.5) is 5.13 Å². The Kier molecular flexibility index (Phi) is 4.33. The van der Waals surface area contributed by atoms with Crippen LogP contribution in [0.1, 0.15) is 15.4 Å². The standard InChI is InChI=1S/C15H10BrClN2O2S/c1-8-13(9-2-4-10(17)5-3-9)18-15(22-8)19-14(20)11-6-7-12(16)21-11/h2-7H,1H3,(H,18,19,20). The second kappa shape index (κ2) is 6.24. The Labute approximate surface area is 144 Å². The largest absolute Gasteiger partial charge is 0.444 e. The van der Waals surface area contributed by atoms with E-state index in [1.54, 1.807) is 12.1 Å². The fourth-order valence-electron chi connectivity index (χ4n) is 1.92. The first-order chi connectivity index (χ1) is 10.5. The van der Waals surface area contributed by atoms with Crippen molar-refractivity contribution in [2.24, 2.45) is 0 Å². The smallest absolute Gasteiger partial charge is 0.293 e. The van der Waals surface area contributed by atoms with E-state index in [-0.39, 0.29) is 11.7 Å². The van der Waals surface area contributed by atoms with Gasteiger partial charge in [-0.05, 0) is 47.1 Å². The fourth-order valence-corrected chi connectivity index (χ4v) is 3.18. The first-order valence-electron chi connectivity index (χ1n) is 6.33. The van der Waals surface area contributed by atoms with E-state index in [1.165, 1.54) is 11.3 Å². The number of carbonyl (C=O) groups excluding carboxylic acids is 1. The molecule has 0 unspecified atom stereocenters. The van der Waals surface area contributed by atoms with Crippen LogP contribution in [0.25, 0.3) is 11.3 Å². The molecule has 0 spiro atoms. The first kappa shape index (κ1) is 15.3. The van der Waals surface area contributed by atoms with Gasteiger partial charge in [0.05, 0.1) is 5.69 Å². The molecule has 0 radical (unpaired) electrons. The van der Waals surface area contributed by atoms with Crippen LogP contribution in [-0.4, -0.2) is 10.9 Å². The van der Waals surface area contributed by atoms with Crippen molar-refractivity contribution in [1.29, 1.82) is 0 Å². The van der Waals surface area contributed by atoms with E-state index in [0.29, 0.717) is 14.8 Å². The lowest BCUT2D eigenvalue weighted by Gasteiger charge is -1.99. The van der Waals surface area contributed by atoms with Crippen molar-refractivity contribution < 1.29 is 9.21 Å². The van der Waals surface area contributed by atoms with Gasteiger partial charge in [-0.2, -0.15) is 0 Å². The summed E-state index contributed by atoms with van der Waals surface area (Å²) in [5.41, 5.74) is 1.79. The molecule has 0 fully saturated rings. The number of nitrogens with one attached hydrogen (secondary N) is 1. The monoisotopic (exact) mass is 396 g/mol. The Morgan fingerprint density at radius 3 is 2.64 bits per heavy atom. The van der Waals surface area contributed by atoms with Gasteiger partial charge in [0.2, 0.25) is 0 Å². The maximum atomic E-state index is 12.1. The Balaban J connectivity index is 1.83. The Morgan fingerprint density at radius 1 is 1.27 bits per heavy atom. The highest BCUT2D eigenvalue weighted by atomic mass is 79.9. The van der Waals surface area contributed by atoms with Gasteiger partial charge in [0.1, 0.15) is 0 Å². The quantitative estimate of drug-likeness (QED) is 0.645. The third-order valence-electron chi connectivity index (χ3n) is 2.93. The fraction of sp³-hybridized carbons (Fsp3) is 0.0667. The maximum absolute atomic E-state index is 12.1. The van der Waals surface area contributed by atoms with Crippen LogP contribution in [-0.2, 0) is 0 Å². The SMILES string of the molecule is Cc1sc(NC(=O)c2ccc(Br)o2)nc1-c1ccc(Cl)cc1. The van der Waals surface area contributed by atoms with Gasteiger partial charge in [0.15, 0.2) is 15.6 Å². The molecular formula is C15H10BrClN2O2S. The highest BCUT2D eigenvalue weighted by Gasteiger charge is 2.15. The van der Waals surface area contributed by atoms with Crippen LogP contribution in [0.3, 0.4) is 0 Å². The van der Waals surface area contributed by atoms with E-state index >= 15 is 0 Å². The number of nitrogens with zero attached hydrogens (tertiary/aromatic N) is 1. The van der Waals surface area contributed by atoms with Crippen LogP contribution in [0.5, 0.6) is 0 Å². The van der Waals surface area contributed by atoms with Crippen molar-refractivity contribution in [3.05, 3.63) is 56.7 Å². The van der Waals surface area contributed by atoms with Crippen LogP contribution in [0.15, 0.2) is 45.5 Å². The number of rotatable bonds is 3. The van der Waals surface area contributed by atoms with E-state index in [1.807, 2.05) is 31.2 Å². The second-order valence-electron chi connectivity index (χ2n) is 4.49. The Morgan fingerprint density at radius 2 is 2.00 bits per heavy atom. The number of benzene rings is 1. The molecule has 1 amide bonds. The molecule has 1 aromatic carbocycles. The number of aromatic nitrogens is 1. The Hall–Kier alpha value is -1.63. The first-order valence-corrected chi connectivity index (χ1v) is 8.32. The molecule has 2 heterocycles. The number of anilines is 1. The molecule has 0 atom stereocenters. The molecule has 0 aliphatic heterocycles. The van der Waals surface area contributed by atoms with E-state index in [2.05, 4.69) is 26.2 Å². The second-order valence-corrected chi connectivity index (χ2v) is 6.91. The average Bonchev–Trinajstić information content (AvgIpc) is 3.06. The van der Waals surface area contributed by atoms with Crippen LogP contribution in [0, 0.1) is 6.92 Å². The summed E-state index contributed by atoms with van der Waals surface area (Å²) >= 11 is 10.5. The van der Waals surface area contributed by atoms with E-state index in [0.717, 1.165) is 16.1 Å². The van der Waals surface area contributed by atoms with Crippen molar-refractivity contribution in [1.82, 2.24) is 4.98 Å². The molecule has 0 bridgehead atoms. The van der Waals surface area contributed by atoms with E-state index in [4.69, 9.17) is 16.0 Å². The summed E-state index contributed by atoms with van der Waals surface area (Å²) in [7, 11) is 0. The summed E-state index contributed by atoms with van der Waals surface area (Å²) in [6, 6.07) is 10.7. The van der Waals surface area contributed by atoms with Crippen molar-refractivity contribution in [2.75, 3.05) is 5.32 Å². The van der Waals surface area contributed by atoms with E-state index < -0.39 is 0 Å². The molecule has 3 rings (SSSR count). The number of carbonyl (C=O) groups is 1. The number of halogens is 2. The summed E-state index contributed by atoms with van der Waals surface area (Å²) in [6.45, 7) is 1.96. The van der Waals surface area contributed by atoms with Gasteiger partial charge < -0.3 is 4.42 Å². The summed E-state index contributed by atoms with van der Waals surface area (Å²) < 4.78 is 5.73. The van der Waals surface area contributed by atoms with Crippen molar-refractivity contribution in [3.63, 3.8) is 0 Å². The lowest BCUT2D eigenvalue weighted by Crippen LogP contribution is -2.10. The zero-order valence-electron chi connectivity index (χ0n) is 11.4. The minimum absolute atomic E-state index is 0.229. The topological polar surface area (TPSA) is 55.1 Å². The molecule has 22 heavy (non-hydrogen) atoms. The normalized spacial score (nSPS) is 10.7. The minimum Gasteiger partial charge on any atom is -0.444 e. The van der Waals surface area contributed by atoms with Crippen LogP contribution in [0.2, 0.25) is 5.02 Å². The molecule has 2 aromatic heterocycles. The predicted octanol–water partition coefficient (Wildman–Crippen LogP) is 5.38. The highest BCUT2D eigenvalue weighted by molar-refractivity contribution is 9.10. The number of furan rings is 1. The number of thiazole rings is 1. The van der Waals surface area contributed by atoms with Crippen molar-refractivity contribution >= 4 is 49.9 Å². The molecule has 1 N–H and O–H groups in total. The van der Waals surface area contributed by atoms with Gasteiger partial charge >= 0.3 is 0 Å². The summed E-state index contributed by atoms with van der Waals surface area (Å²) in [5.74, 6) is -0.102. The van der Waals surface area contributed by atoms with Crippen LogP contribution >= 0.6 is 38.9 Å². The molecule has 112 valence electrons. The zero-order chi connectivity index (χ0) is 15.7. The van der Waals surface area contributed by atoms with Gasteiger partial charge in [0.25, 0.3) is 5.91 Å². The molecular weight excluding hydrogens is 388 g/mol. The number of amides is 1. The lowest BCUT2D eigenvalue weighted by molar-refractivity contribution is 0.0995. The molecule has 3 aromatic rings. The summed E-state index contributed by atoms with van der Waals surface area (Å²) in [6.07, 6.45) is 0. The zero-order valence-corrected chi connectivity index (χ0v) is 14.6.